The summed E-state index contributed by atoms with van der Waals surface area (Å²) < 4.78 is 0. The Morgan fingerprint density at radius 1 is 0.872 bits per heavy atom. The van der Waals surface area contributed by atoms with Gasteiger partial charge in [0, 0.05) is 21.9 Å². The van der Waals surface area contributed by atoms with Crippen molar-refractivity contribution in [2.75, 3.05) is 0 Å². The lowest BCUT2D eigenvalue weighted by Gasteiger charge is -1.96. The third-order valence-corrected chi connectivity index (χ3v) is 6.30. The Kier molecular flexibility index (Phi) is 10.8. The first-order valence-electron chi connectivity index (χ1n) is 10.9. The van der Waals surface area contributed by atoms with Crippen molar-refractivity contribution in [3.63, 3.8) is 0 Å². The van der Waals surface area contributed by atoms with E-state index in [4.69, 9.17) is 32.5 Å². The second-order valence-electron chi connectivity index (χ2n) is 7.12. The molecule has 0 atom stereocenters. The zero-order valence-corrected chi connectivity index (χ0v) is 21.7. The van der Waals surface area contributed by atoms with Crippen molar-refractivity contribution in [3.05, 3.63) is 94.2 Å². The maximum Gasteiger partial charge on any atom is 0.392 e. The van der Waals surface area contributed by atoms with Crippen LogP contribution in [0.5, 0.6) is 0 Å². The molecule has 2 aromatic carbocycles. The Hall–Kier alpha value is -5.42. The number of rotatable bonds is 9. The van der Waals surface area contributed by atoms with Crippen molar-refractivity contribution in [3.8, 4) is 33.3 Å². The normalized spacial score (nSPS) is 10.7. The number of benzene rings is 2. The second kappa shape index (κ2) is 15.0. The number of aromatic nitrogens is 2. The molecule has 0 spiro atoms. The largest absolute Gasteiger partial charge is 0.392 e. The van der Waals surface area contributed by atoms with Gasteiger partial charge >= 0.3 is 5.84 Å². The summed E-state index contributed by atoms with van der Waals surface area (Å²) in [5.74, 6) is -1.24. The van der Waals surface area contributed by atoms with Gasteiger partial charge in [0.1, 0.15) is 22.2 Å². The lowest BCUT2D eigenvalue weighted by molar-refractivity contribution is -0.112. The Morgan fingerprint density at radius 3 is 1.77 bits per heavy atom. The van der Waals surface area contributed by atoms with Gasteiger partial charge in [-0.2, -0.15) is 5.26 Å². The average molecular weight is 555 g/mol. The summed E-state index contributed by atoms with van der Waals surface area (Å²) in [6.07, 6.45) is 0. The summed E-state index contributed by atoms with van der Waals surface area (Å²) in [6, 6.07) is 22.7. The van der Waals surface area contributed by atoms with E-state index in [-0.39, 0.29) is 19.0 Å². The predicted octanol–water partition coefficient (Wildman–Crippen LogP) is 4.77. The molecular weight excluding hydrogens is 536 g/mol. The number of amidine groups is 1. The van der Waals surface area contributed by atoms with E-state index in [0.29, 0.717) is 5.69 Å². The molecule has 39 heavy (non-hydrogen) atoms. The van der Waals surface area contributed by atoms with E-state index >= 15 is 0 Å². The van der Waals surface area contributed by atoms with Crippen LogP contribution in [0.2, 0.25) is 0 Å². The van der Waals surface area contributed by atoms with E-state index in [1.165, 1.54) is 22.7 Å². The molecule has 0 bridgehead atoms. The Balaban J connectivity index is 0.000000216. The van der Waals surface area contributed by atoms with Crippen molar-refractivity contribution in [2.45, 2.75) is 13.2 Å². The summed E-state index contributed by atoms with van der Waals surface area (Å²) in [7, 11) is 0. The van der Waals surface area contributed by atoms with Gasteiger partial charge in [-0.25, -0.2) is 15.2 Å². The van der Waals surface area contributed by atoms with Crippen LogP contribution in [-0.2, 0) is 27.7 Å². The van der Waals surface area contributed by atoms with Gasteiger partial charge in [0.15, 0.2) is 13.2 Å². The predicted molar refractivity (Wildman–Crippen MR) is 147 cm³/mol. The van der Waals surface area contributed by atoms with Crippen molar-refractivity contribution in [1.29, 1.82) is 10.5 Å². The number of oxime groups is 2. The molecule has 2 heterocycles. The van der Waals surface area contributed by atoms with Crippen LogP contribution in [0.25, 0.3) is 26.0 Å². The minimum absolute atomic E-state index is 0.0712. The fourth-order valence-corrected chi connectivity index (χ4v) is 4.30. The highest BCUT2D eigenvalue weighted by atomic mass is 32.1. The van der Waals surface area contributed by atoms with E-state index in [0.717, 1.165) is 26.8 Å². The molecule has 4 rings (SSSR count). The van der Waals surface area contributed by atoms with E-state index < -0.39 is 11.6 Å². The molecule has 0 aliphatic heterocycles. The first-order chi connectivity index (χ1) is 19.0. The first kappa shape index (κ1) is 28.2. The quantitative estimate of drug-likeness (QED) is 0.135. The van der Waals surface area contributed by atoms with Crippen molar-refractivity contribution >= 4 is 40.1 Å². The lowest BCUT2D eigenvalue weighted by Crippen LogP contribution is -2.21. The Labute approximate surface area is 231 Å². The molecule has 2 N–H and O–H groups in total. The third-order valence-electron chi connectivity index (χ3n) is 4.42. The molecule has 0 fully saturated rings. The summed E-state index contributed by atoms with van der Waals surface area (Å²) in [4.78, 5) is 32.2. The van der Waals surface area contributed by atoms with E-state index in [2.05, 4.69) is 25.1 Å². The smallest absolute Gasteiger partial charge is 0.388 e. The van der Waals surface area contributed by atoms with Crippen LogP contribution in [0, 0.1) is 29.2 Å². The summed E-state index contributed by atoms with van der Waals surface area (Å²) in [5.41, 5.74) is 7.89. The average Bonchev–Trinajstić information content (AvgIpc) is 3.65. The van der Waals surface area contributed by atoms with Gasteiger partial charge in [-0.1, -0.05) is 72.4 Å². The monoisotopic (exact) mass is 554 g/mol. The zero-order valence-electron chi connectivity index (χ0n) is 20.1. The van der Waals surface area contributed by atoms with Gasteiger partial charge in [-0.3, -0.25) is 4.79 Å². The molecule has 4 aromatic rings. The van der Waals surface area contributed by atoms with Gasteiger partial charge in [0.05, 0.1) is 16.5 Å². The summed E-state index contributed by atoms with van der Waals surface area (Å²) in [5, 5.41) is 29.3. The van der Waals surface area contributed by atoms with Crippen molar-refractivity contribution in [1.82, 2.24) is 9.97 Å². The fraction of sp³-hybridized carbons (Fsp3) is 0.0769. The second-order valence-corrected chi connectivity index (χ2v) is 8.84. The Morgan fingerprint density at radius 2 is 1.36 bits per heavy atom. The molecule has 1 amide bonds. The van der Waals surface area contributed by atoms with Crippen molar-refractivity contribution in [2.24, 2.45) is 16.0 Å². The zero-order chi connectivity index (χ0) is 27.9. The fourth-order valence-electron chi connectivity index (χ4n) is 2.68. The number of hydrogen-bond donors (Lipinski definition) is 1. The number of nitrogens with zero attached hydrogens (tertiary/aromatic N) is 7. The van der Waals surface area contributed by atoms with Gasteiger partial charge in [0.25, 0.3) is 5.91 Å². The van der Waals surface area contributed by atoms with Gasteiger partial charge in [-0.15, -0.1) is 22.7 Å². The number of amides is 1. The molecule has 0 saturated heterocycles. The highest BCUT2D eigenvalue weighted by molar-refractivity contribution is 7.13. The van der Waals surface area contributed by atoms with Crippen LogP contribution >= 0.6 is 22.7 Å². The van der Waals surface area contributed by atoms with Crippen LogP contribution in [0.3, 0.4) is 0 Å². The van der Waals surface area contributed by atoms with E-state index in [1.54, 1.807) is 12.1 Å². The van der Waals surface area contributed by atoms with Crippen LogP contribution in [-0.4, -0.2) is 27.4 Å². The molecule has 0 aliphatic carbocycles. The maximum atomic E-state index is 10.7. The van der Waals surface area contributed by atoms with Crippen molar-refractivity contribution < 1.29 is 14.5 Å². The minimum Gasteiger partial charge on any atom is -0.388 e. The summed E-state index contributed by atoms with van der Waals surface area (Å²) in [6.45, 7) is 6.85. The number of nitriles is 2. The number of hydrogen-bond acceptors (Lipinski definition) is 11. The van der Waals surface area contributed by atoms with Gasteiger partial charge < -0.3 is 20.3 Å². The van der Waals surface area contributed by atoms with Gasteiger partial charge in [0.2, 0.25) is 5.71 Å². The van der Waals surface area contributed by atoms with E-state index in [9.17, 15) is 4.79 Å². The van der Waals surface area contributed by atoms with E-state index in [1.807, 2.05) is 71.4 Å². The standard InChI is InChI=1S/C13H10N4O2S.C13H8N4OS/c14-6-11(12(15)18)17-19-7-10-8-20-13(16-10)9-4-2-1-3-5-9;1-15-12(7-14)17-18-8-11-9-19-13(16-11)10-5-3-2-4-6-10/h1-5,8H,7H2,(H2,15,18);2-6,9H,8H2/b;17-12-. The number of carbonyl (C=O) groups is 1. The molecular formula is C26H18N8O3S2. The highest BCUT2D eigenvalue weighted by Gasteiger charge is 2.08. The molecule has 13 heteroatoms. The topological polar surface area (TPSA) is 164 Å². The molecule has 0 radical (unpaired) electrons. The van der Waals surface area contributed by atoms with Crippen LogP contribution in [0.4, 0.5) is 0 Å². The minimum atomic E-state index is -0.921. The summed E-state index contributed by atoms with van der Waals surface area (Å²) >= 11 is 2.99. The maximum absolute atomic E-state index is 10.7. The number of primary amides is 1. The van der Waals surface area contributed by atoms with Crippen LogP contribution in [0.15, 0.2) is 81.7 Å². The molecule has 11 nitrogen and oxygen atoms in total. The van der Waals surface area contributed by atoms with Crippen LogP contribution < -0.4 is 5.73 Å². The molecule has 2 aromatic heterocycles. The van der Waals surface area contributed by atoms with Gasteiger partial charge in [-0.05, 0) is 0 Å². The molecule has 0 saturated carbocycles. The first-order valence-corrected chi connectivity index (χ1v) is 12.7. The number of carbonyl (C=O) groups excluding carboxylic acids is 1. The highest BCUT2D eigenvalue weighted by Crippen LogP contribution is 2.24. The van der Waals surface area contributed by atoms with Crippen LogP contribution in [0.1, 0.15) is 11.4 Å². The number of nitrogens with two attached hydrogens (primary N) is 1. The lowest BCUT2D eigenvalue weighted by atomic mass is 10.2. The molecule has 0 aliphatic rings. The molecule has 0 unspecified atom stereocenters. The Bertz CT molecular complexity index is 1560. The molecule has 192 valence electrons. The third kappa shape index (κ3) is 8.88. The number of thiazole rings is 2. The SMILES string of the molecule is N#CC(=NOCc1csc(-c2ccccc2)n1)C(N)=O.[C-]#[N+]/C(C#N)=N\OCc1csc(-c2ccccc2)n1.